The highest BCUT2D eigenvalue weighted by molar-refractivity contribution is 7.89. The van der Waals surface area contributed by atoms with Crippen LogP contribution in [0.3, 0.4) is 0 Å². The summed E-state index contributed by atoms with van der Waals surface area (Å²) < 4.78 is 38.5. The molecule has 8 heteroatoms. The van der Waals surface area contributed by atoms with Crippen molar-refractivity contribution < 1.29 is 22.7 Å². The Kier molecular flexibility index (Phi) is 6.91. The molecule has 0 unspecified atom stereocenters. The Balaban J connectivity index is 2.10. The molecule has 2 aromatic carbocycles. The monoisotopic (exact) mass is 446 g/mol. The third-order valence-corrected chi connectivity index (χ3v) is 7.83. The van der Waals surface area contributed by atoms with E-state index in [2.05, 4.69) is 0 Å². The quantitative estimate of drug-likeness (QED) is 0.649. The summed E-state index contributed by atoms with van der Waals surface area (Å²) in [7, 11) is -0.787. The van der Waals surface area contributed by atoms with Crippen molar-refractivity contribution in [1.82, 2.24) is 4.31 Å². The molecule has 1 heterocycles. The van der Waals surface area contributed by atoms with E-state index >= 15 is 0 Å². The molecule has 1 amide bonds. The number of anilines is 1. The van der Waals surface area contributed by atoms with Gasteiger partial charge in [-0.15, -0.1) is 0 Å². The van der Waals surface area contributed by atoms with Crippen molar-refractivity contribution in [3.05, 3.63) is 47.0 Å². The first-order chi connectivity index (χ1) is 14.8. The van der Waals surface area contributed by atoms with Gasteiger partial charge in [0.25, 0.3) is 5.91 Å². The second kappa shape index (κ2) is 9.28. The number of ether oxygens (including phenoxy) is 2. The minimum atomic E-state index is -3.80. The number of methoxy groups -OCH3 is 2. The van der Waals surface area contributed by atoms with Gasteiger partial charge in [-0.05, 0) is 55.2 Å². The largest absolute Gasteiger partial charge is 0.495 e. The maximum absolute atomic E-state index is 13.6. The number of amides is 1. The van der Waals surface area contributed by atoms with E-state index < -0.39 is 10.0 Å². The molecular weight excluding hydrogens is 416 g/mol. The normalized spacial score (nSPS) is 13.8. The zero-order valence-corrected chi connectivity index (χ0v) is 19.6. The maximum atomic E-state index is 13.6. The van der Waals surface area contributed by atoms with Crippen LogP contribution in [0.5, 0.6) is 11.5 Å². The SMILES string of the molecule is CCN(CC)S(=O)(=O)c1cc(C(=O)N2CCCc3c(C)ccc(OC)c32)ccc1OC. The van der Waals surface area contributed by atoms with Gasteiger partial charge in [0.1, 0.15) is 16.4 Å². The van der Waals surface area contributed by atoms with Crippen LogP contribution in [-0.2, 0) is 16.4 Å². The van der Waals surface area contributed by atoms with Crippen LogP contribution in [0.4, 0.5) is 5.69 Å². The molecule has 0 N–H and O–H groups in total. The van der Waals surface area contributed by atoms with Gasteiger partial charge in [0.15, 0.2) is 0 Å². The van der Waals surface area contributed by atoms with Crippen LogP contribution in [0.1, 0.15) is 41.8 Å². The Labute approximate surface area is 184 Å². The van der Waals surface area contributed by atoms with Crippen LogP contribution in [0.2, 0.25) is 0 Å². The van der Waals surface area contributed by atoms with Crippen molar-refractivity contribution in [1.29, 1.82) is 0 Å². The van der Waals surface area contributed by atoms with Gasteiger partial charge in [0.2, 0.25) is 10.0 Å². The fourth-order valence-corrected chi connectivity index (χ4v) is 5.73. The van der Waals surface area contributed by atoms with Crippen LogP contribution < -0.4 is 14.4 Å². The first kappa shape index (κ1) is 23.1. The number of fused-ring (bicyclic) bond motifs is 1. The smallest absolute Gasteiger partial charge is 0.258 e. The number of carbonyl (C=O) groups is 1. The molecule has 2 aromatic rings. The van der Waals surface area contributed by atoms with Gasteiger partial charge in [0, 0.05) is 25.2 Å². The first-order valence-corrected chi connectivity index (χ1v) is 11.9. The number of aryl methyl sites for hydroxylation is 1. The minimum absolute atomic E-state index is 0.00186. The van der Waals surface area contributed by atoms with Crippen LogP contribution in [0.15, 0.2) is 35.2 Å². The lowest BCUT2D eigenvalue weighted by Gasteiger charge is -2.32. The van der Waals surface area contributed by atoms with E-state index in [0.717, 1.165) is 29.7 Å². The highest BCUT2D eigenvalue weighted by atomic mass is 32.2. The summed E-state index contributed by atoms with van der Waals surface area (Å²) in [6.07, 6.45) is 1.69. The molecule has 168 valence electrons. The lowest BCUT2D eigenvalue weighted by atomic mass is 9.95. The number of carbonyl (C=O) groups excluding carboxylic acids is 1. The van der Waals surface area contributed by atoms with Crippen LogP contribution in [0, 0.1) is 6.92 Å². The molecule has 7 nitrogen and oxygen atoms in total. The predicted molar refractivity (Wildman–Crippen MR) is 121 cm³/mol. The highest BCUT2D eigenvalue weighted by Crippen LogP contribution is 2.39. The van der Waals surface area contributed by atoms with Gasteiger partial charge in [-0.2, -0.15) is 4.31 Å². The maximum Gasteiger partial charge on any atom is 0.258 e. The molecule has 0 aromatic heterocycles. The Morgan fingerprint density at radius 3 is 2.32 bits per heavy atom. The van der Waals surface area contributed by atoms with Crippen molar-refractivity contribution in [2.75, 3.05) is 38.8 Å². The van der Waals surface area contributed by atoms with Crippen molar-refractivity contribution in [3.63, 3.8) is 0 Å². The van der Waals surface area contributed by atoms with Crippen molar-refractivity contribution in [2.45, 2.75) is 38.5 Å². The second-order valence-electron chi connectivity index (χ2n) is 7.43. The lowest BCUT2D eigenvalue weighted by Crippen LogP contribution is -2.36. The number of sulfonamides is 1. The molecule has 0 spiro atoms. The summed E-state index contributed by atoms with van der Waals surface area (Å²) in [6, 6.07) is 8.43. The molecule has 0 bridgehead atoms. The average molecular weight is 447 g/mol. The molecule has 0 aliphatic carbocycles. The molecule has 0 saturated carbocycles. The number of nitrogens with zero attached hydrogens (tertiary/aromatic N) is 2. The minimum Gasteiger partial charge on any atom is -0.495 e. The number of hydrogen-bond acceptors (Lipinski definition) is 5. The molecule has 0 saturated heterocycles. The highest BCUT2D eigenvalue weighted by Gasteiger charge is 2.31. The molecular formula is C23H30N2O5S. The Hall–Kier alpha value is -2.58. The van der Waals surface area contributed by atoms with E-state index in [4.69, 9.17) is 9.47 Å². The summed E-state index contributed by atoms with van der Waals surface area (Å²) in [5.41, 5.74) is 3.25. The van der Waals surface area contributed by atoms with Gasteiger partial charge in [-0.1, -0.05) is 19.9 Å². The molecule has 3 rings (SSSR count). The first-order valence-electron chi connectivity index (χ1n) is 10.5. The van der Waals surface area contributed by atoms with Crippen LogP contribution in [-0.4, -0.2) is 52.5 Å². The number of hydrogen-bond donors (Lipinski definition) is 0. The van der Waals surface area contributed by atoms with E-state index in [1.54, 1.807) is 38.0 Å². The second-order valence-corrected chi connectivity index (χ2v) is 9.33. The lowest BCUT2D eigenvalue weighted by molar-refractivity contribution is 0.0984. The van der Waals surface area contributed by atoms with E-state index in [9.17, 15) is 13.2 Å². The van der Waals surface area contributed by atoms with Gasteiger partial charge >= 0.3 is 0 Å². The summed E-state index contributed by atoms with van der Waals surface area (Å²) in [5.74, 6) is 0.595. The van der Waals surface area contributed by atoms with Crippen LogP contribution >= 0.6 is 0 Å². The Morgan fingerprint density at radius 2 is 1.71 bits per heavy atom. The van der Waals surface area contributed by atoms with E-state index in [1.165, 1.54) is 17.5 Å². The van der Waals surface area contributed by atoms with Gasteiger partial charge in [-0.3, -0.25) is 4.79 Å². The summed E-state index contributed by atoms with van der Waals surface area (Å²) >= 11 is 0. The Morgan fingerprint density at radius 1 is 1.06 bits per heavy atom. The molecule has 1 aliphatic heterocycles. The molecule has 31 heavy (non-hydrogen) atoms. The van der Waals surface area contributed by atoms with Crippen molar-refractivity contribution in [2.24, 2.45) is 0 Å². The molecule has 0 atom stereocenters. The van der Waals surface area contributed by atoms with Crippen LogP contribution in [0.25, 0.3) is 0 Å². The third kappa shape index (κ3) is 4.14. The van der Waals surface area contributed by atoms with Crippen molar-refractivity contribution >= 4 is 21.6 Å². The predicted octanol–water partition coefficient (Wildman–Crippen LogP) is 3.64. The third-order valence-electron chi connectivity index (χ3n) is 5.76. The molecule has 0 radical (unpaired) electrons. The van der Waals surface area contributed by atoms with Gasteiger partial charge in [0.05, 0.1) is 19.9 Å². The number of benzene rings is 2. The van der Waals surface area contributed by atoms with E-state index in [0.29, 0.717) is 30.9 Å². The fourth-order valence-electron chi connectivity index (χ4n) is 4.09. The van der Waals surface area contributed by atoms with E-state index in [1.807, 2.05) is 19.1 Å². The zero-order chi connectivity index (χ0) is 22.8. The fraction of sp³-hybridized carbons (Fsp3) is 0.435. The van der Waals surface area contributed by atoms with E-state index in [-0.39, 0.29) is 16.6 Å². The molecule has 0 fully saturated rings. The summed E-state index contributed by atoms with van der Waals surface area (Å²) in [6.45, 7) is 6.78. The Bertz CT molecular complexity index is 1080. The topological polar surface area (TPSA) is 76.2 Å². The molecule has 1 aliphatic rings. The van der Waals surface area contributed by atoms with Gasteiger partial charge < -0.3 is 14.4 Å². The summed E-state index contributed by atoms with van der Waals surface area (Å²) in [5, 5.41) is 0. The number of rotatable bonds is 7. The van der Waals surface area contributed by atoms with Crippen molar-refractivity contribution in [3.8, 4) is 11.5 Å². The van der Waals surface area contributed by atoms with Gasteiger partial charge in [-0.25, -0.2) is 8.42 Å². The standard InChI is InChI=1S/C23H30N2O5S/c1-6-24(7-2)31(27,28)21-15-17(11-13-19(21)29-4)23(26)25-14-8-9-18-16(3)10-12-20(30-5)22(18)25/h10-13,15H,6-9,14H2,1-5H3. The summed E-state index contributed by atoms with van der Waals surface area (Å²) in [4.78, 5) is 15.2. The average Bonchev–Trinajstić information content (AvgIpc) is 2.79. The zero-order valence-electron chi connectivity index (χ0n) is 18.8.